The van der Waals surface area contributed by atoms with Crippen LogP contribution in [0.5, 0.6) is 5.75 Å². The van der Waals surface area contributed by atoms with Gasteiger partial charge < -0.3 is 4.74 Å². The minimum atomic E-state index is -0.723. The van der Waals surface area contributed by atoms with Crippen LogP contribution < -0.4 is 9.64 Å². The number of carbonyl (C=O) groups is 3. The first-order valence-corrected chi connectivity index (χ1v) is 4.60. The highest BCUT2D eigenvalue weighted by Crippen LogP contribution is 2.37. The summed E-state index contributed by atoms with van der Waals surface area (Å²) in [6.07, 6.45) is 1.00. The normalized spacial score (nSPS) is 17.9. The average Bonchev–Trinajstić information content (AvgIpc) is 2.57. The van der Waals surface area contributed by atoms with Crippen LogP contribution in [-0.4, -0.2) is 17.7 Å². The molecule has 0 aromatic heterocycles. The van der Waals surface area contributed by atoms with E-state index < -0.39 is 17.7 Å². The molecule has 0 aliphatic carbocycles. The Morgan fingerprint density at radius 2 is 1.81 bits per heavy atom. The van der Waals surface area contributed by atoms with Crippen LogP contribution in [0.2, 0.25) is 0 Å². The molecule has 0 spiro atoms. The largest absolute Gasteiger partial charge is 0.420 e. The summed E-state index contributed by atoms with van der Waals surface area (Å²) in [5, 5.41) is 0. The van der Waals surface area contributed by atoms with Gasteiger partial charge in [-0.3, -0.25) is 14.5 Å². The molecule has 0 saturated carbocycles. The van der Waals surface area contributed by atoms with Crippen LogP contribution in [0.3, 0.4) is 0 Å². The van der Waals surface area contributed by atoms with Crippen molar-refractivity contribution in [2.45, 2.75) is 0 Å². The maximum atomic E-state index is 11.6. The van der Waals surface area contributed by atoms with Crippen LogP contribution in [0, 0.1) is 0 Å². The monoisotopic (exact) mass is 215 g/mol. The number of amides is 1. The fourth-order valence-corrected chi connectivity index (χ4v) is 1.74. The third-order valence-corrected chi connectivity index (χ3v) is 2.44. The van der Waals surface area contributed by atoms with Gasteiger partial charge in [-0.2, -0.15) is 0 Å². The zero-order valence-electron chi connectivity index (χ0n) is 7.97. The highest BCUT2D eigenvalue weighted by molar-refractivity contribution is 6.51. The number of anilines is 1. The van der Waals surface area contributed by atoms with E-state index in [2.05, 4.69) is 0 Å². The van der Waals surface area contributed by atoms with Crippen molar-refractivity contribution in [3.8, 4) is 5.75 Å². The molecule has 0 N–H and O–H groups in total. The number of esters is 1. The van der Waals surface area contributed by atoms with Gasteiger partial charge in [0, 0.05) is 6.08 Å². The molecule has 0 bridgehead atoms. The first-order valence-electron chi connectivity index (χ1n) is 4.60. The molecule has 5 nitrogen and oxygen atoms in total. The van der Waals surface area contributed by atoms with Gasteiger partial charge in [0.25, 0.3) is 0 Å². The number of hydrogen-bond donors (Lipinski definition) is 0. The van der Waals surface area contributed by atoms with Crippen LogP contribution >= 0.6 is 0 Å². The van der Waals surface area contributed by atoms with E-state index in [0.29, 0.717) is 5.69 Å². The number of ketones is 1. The molecule has 78 valence electrons. The standard InChI is InChI=1S/C11H5NO4/c13-8-5-7-11(15)16-9-4-2-1-3-6(9)12(7)10(8)14/h1-5H. The Hall–Kier alpha value is -2.43. The van der Waals surface area contributed by atoms with Gasteiger partial charge in [-0.25, -0.2) is 4.79 Å². The predicted octanol–water partition coefficient (Wildman–Crippen LogP) is 0.405. The van der Waals surface area contributed by atoms with Crippen LogP contribution in [-0.2, 0) is 14.4 Å². The zero-order chi connectivity index (χ0) is 11.3. The van der Waals surface area contributed by atoms with Crippen molar-refractivity contribution in [3.05, 3.63) is 36.0 Å². The topological polar surface area (TPSA) is 63.7 Å². The fraction of sp³-hybridized carbons (Fsp3) is 0. The number of para-hydroxylation sites is 2. The van der Waals surface area contributed by atoms with Crippen molar-refractivity contribution < 1.29 is 19.1 Å². The molecule has 1 amide bonds. The molecule has 0 saturated heterocycles. The van der Waals surface area contributed by atoms with Gasteiger partial charge in [-0.05, 0) is 12.1 Å². The molecule has 0 unspecified atom stereocenters. The SMILES string of the molecule is O=C1C=C2C(=O)Oc3ccccc3N2C1=O. The van der Waals surface area contributed by atoms with Crippen molar-refractivity contribution in [3.63, 3.8) is 0 Å². The second kappa shape index (κ2) is 2.79. The van der Waals surface area contributed by atoms with E-state index in [1.807, 2.05) is 0 Å². The number of hydrogen-bond acceptors (Lipinski definition) is 4. The molecule has 2 aliphatic rings. The second-order valence-electron chi connectivity index (χ2n) is 3.39. The van der Waals surface area contributed by atoms with Gasteiger partial charge in [-0.15, -0.1) is 0 Å². The van der Waals surface area contributed by atoms with Gasteiger partial charge >= 0.3 is 11.9 Å². The van der Waals surface area contributed by atoms with Crippen molar-refractivity contribution in [2.24, 2.45) is 0 Å². The molecule has 1 aromatic rings. The van der Waals surface area contributed by atoms with E-state index in [-0.39, 0.29) is 11.4 Å². The van der Waals surface area contributed by atoms with Gasteiger partial charge in [0.05, 0.1) is 5.69 Å². The Kier molecular flexibility index (Phi) is 1.54. The van der Waals surface area contributed by atoms with Crippen LogP contribution in [0.25, 0.3) is 0 Å². The van der Waals surface area contributed by atoms with Gasteiger partial charge in [0.15, 0.2) is 5.75 Å². The molecular weight excluding hydrogens is 210 g/mol. The van der Waals surface area contributed by atoms with E-state index >= 15 is 0 Å². The van der Waals surface area contributed by atoms with Gasteiger partial charge in [-0.1, -0.05) is 12.1 Å². The maximum Gasteiger partial charge on any atom is 0.361 e. The smallest absolute Gasteiger partial charge is 0.361 e. The van der Waals surface area contributed by atoms with Crippen molar-refractivity contribution >= 4 is 23.3 Å². The molecule has 1 aromatic carbocycles. The third-order valence-electron chi connectivity index (χ3n) is 2.44. The van der Waals surface area contributed by atoms with Gasteiger partial charge in [0.2, 0.25) is 5.78 Å². The van der Waals surface area contributed by atoms with Crippen LogP contribution in [0.15, 0.2) is 36.0 Å². The van der Waals surface area contributed by atoms with Crippen molar-refractivity contribution in [1.82, 2.24) is 0 Å². The summed E-state index contributed by atoms with van der Waals surface area (Å²) in [6.45, 7) is 0. The van der Waals surface area contributed by atoms with Gasteiger partial charge in [0.1, 0.15) is 5.70 Å². The molecule has 3 rings (SSSR count). The Labute approximate surface area is 89.9 Å². The van der Waals surface area contributed by atoms with Crippen LogP contribution in [0.4, 0.5) is 5.69 Å². The number of benzene rings is 1. The number of fused-ring (bicyclic) bond motifs is 3. The quantitative estimate of drug-likeness (QED) is 0.357. The lowest BCUT2D eigenvalue weighted by atomic mass is 10.2. The highest BCUT2D eigenvalue weighted by atomic mass is 16.5. The predicted molar refractivity (Wildman–Crippen MR) is 52.7 cm³/mol. The molecule has 2 heterocycles. The first-order chi connectivity index (χ1) is 7.68. The number of carbonyl (C=O) groups excluding carboxylic acids is 3. The molecule has 0 atom stereocenters. The maximum absolute atomic E-state index is 11.6. The molecule has 16 heavy (non-hydrogen) atoms. The molecule has 2 aliphatic heterocycles. The van der Waals surface area contributed by atoms with E-state index in [9.17, 15) is 14.4 Å². The van der Waals surface area contributed by atoms with Crippen molar-refractivity contribution in [1.29, 1.82) is 0 Å². The highest BCUT2D eigenvalue weighted by Gasteiger charge is 2.41. The Balaban J connectivity index is 2.25. The molecule has 5 heteroatoms. The number of ether oxygens (including phenoxy) is 1. The average molecular weight is 215 g/mol. The molecule has 0 radical (unpaired) electrons. The van der Waals surface area contributed by atoms with E-state index in [1.54, 1.807) is 24.3 Å². The zero-order valence-corrected chi connectivity index (χ0v) is 7.97. The lowest BCUT2D eigenvalue weighted by Crippen LogP contribution is -2.36. The first kappa shape index (κ1) is 8.84. The van der Waals surface area contributed by atoms with Crippen LogP contribution in [0.1, 0.15) is 0 Å². The Morgan fingerprint density at radius 3 is 2.62 bits per heavy atom. The second-order valence-corrected chi connectivity index (χ2v) is 3.39. The summed E-state index contributed by atoms with van der Waals surface area (Å²) < 4.78 is 4.99. The summed E-state index contributed by atoms with van der Waals surface area (Å²) in [5.41, 5.74) is 0.401. The minimum absolute atomic E-state index is 0.0197. The Bertz CT molecular complexity index is 573. The van der Waals surface area contributed by atoms with E-state index in [0.717, 1.165) is 11.0 Å². The van der Waals surface area contributed by atoms with E-state index in [4.69, 9.17) is 4.74 Å². The minimum Gasteiger partial charge on any atom is -0.420 e. The lowest BCUT2D eigenvalue weighted by molar-refractivity contribution is -0.133. The summed E-state index contributed by atoms with van der Waals surface area (Å²) in [6, 6.07) is 6.57. The number of rotatable bonds is 0. The Morgan fingerprint density at radius 1 is 1.06 bits per heavy atom. The summed E-state index contributed by atoms with van der Waals surface area (Å²) >= 11 is 0. The number of nitrogens with zero attached hydrogens (tertiary/aromatic N) is 1. The lowest BCUT2D eigenvalue weighted by Gasteiger charge is -2.25. The van der Waals surface area contributed by atoms with Crippen molar-refractivity contribution in [2.75, 3.05) is 4.90 Å². The molecule has 0 fully saturated rings. The molecular formula is C11H5NO4. The third kappa shape index (κ3) is 0.967. The van der Waals surface area contributed by atoms with E-state index in [1.165, 1.54) is 0 Å². The summed E-state index contributed by atoms with van der Waals surface area (Å²) in [5.74, 6) is -1.83. The summed E-state index contributed by atoms with van der Waals surface area (Å²) in [4.78, 5) is 35.4. The fourth-order valence-electron chi connectivity index (χ4n) is 1.74. The summed E-state index contributed by atoms with van der Waals surface area (Å²) in [7, 11) is 0.